The van der Waals surface area contributed by atoms with Crippen LogP contribution in [0.1, 0.15) is 406 Å². The van der Waals surface area contributed by atoms with E-state index in [1.165, 1.54) is 321 Å². The molecule has 7 unspecified atom stereocenters. The Morgan fingerprint density at radius 2 is 0.728 bits per heavy atom. The Kier molecular flexibility index (Phi) is 67.1. The van der Waals surface area contributed by atoms with Crippen molar-refractivity contribution in [3.63, 3.8) is 0 Å². The van der Waals surface area contributed by atoms with Gasteiger partial charge in [-0.3, -0.25) is 9.59 Å². The van der Waals surface area contributed by atoms with Crippen molar-refractivity contribution in [3.05, 3.63) is 36.5 Å². The van der Waals surface area contributed by atoms with E-state index in [4.69, 9.17) is 14.2 Å². The molecule has 0 aromatic carbocycles. The number of ether oxygens (including phenoxy) is 3. The van der Waals surface area contributed by atoms with Gasteiger partial charge in [-0.15, -0.1) is 0 Å². The number of esters is 1. The topological polar surface area (TPSA) is 175 Å². The monoisotopic (exact) mass is 1300 g/mol. The first-order valence-corrected chi connectivity index (χ1v) is 40.3. The molecule has 1 aliphatic rings. The molecule has 542 valence electrons. The van der Waals surface area contributed by atoms with E-state index in [0.717, 1.165) is 57.8 Å². The van der Waals surface area contributed by atoms with Crippen LogP contribution in [0, 0.1) is 0 Å². The number of amides is 1. The van der Waals surface area contributed by atoms with Gasteiger partial charge in [0.2, 0.25) is 5.91 Å². The predicted octanol–water partition coefficient (Wildman–Crippen LogP) is 21.7. The standard InChI is InChI=1S/C81H153NO10/c1-3-5-7-9-11-13-15-17-41-44-47-51-55-59-63-67-74(84)73(72-91-81-80(89)79(88)78(87)75(71-83)92-81)82-76(85)68-64-60-56-52-48-45-42-39-37-35-33-31-29-27-25-23-21-19-18-20-22-24-26-28-30-32-34-36-38-40-43-46-50-54-58-62-66-70-90-77(86)69-65-61-57-53-49-16-14-12-10-8-6-4-2/h18,20,24,26,63,67,73-75,78-81,83-84,87-89H,3-17,19,21-23,25,27-62,64-66,68-72H2,1-2H3,(H,82,85)/b20-18-,26-24-,67-63+. The average molecular weight is 1300 g/mol. The highest BCUT2D eigenvalue weighted by Crippen LogP contribution is 2.24. The van der Waals surface area contributed by atoms with Crippen molar-refractivity contribution in [3.8, 4) is 0 Å². The van der Waals surface area contributed by atoms with Crippen LogP contribution in [0.3, 0.4) is 0 Å². The molecule has 0 aromatic heterocycles. The van der Waals surface area contributed by atoms with Crippen molar-refractivity contribution in [1.82, 2.24) is 5.32 Å². The molecule has 11 nitrogen and oxygen atoms in total. The molecular weight excluding hydrogens is 1150 g/mol. The maximum Gasteiger partial charge on any atom is 0.305 e. The Morgan fingerprint density at radius 3 is 1.10 bits per heavy atom. The van der Waals surface area contributed by atoms with Gasteiger partial charge >= 0.3 is 5.97 Å². The van der Waals surface area contributed by atoms with E-state index < -0.39 is 49.5 Å². The van der Waals surface area contributed by atoms with Gasteiger partial charge in [-0.05, 0) is 64.2 Å². The summed E-state index contributed by atoms with van der Waals surface area (Å²) in [6, 6.07) is -0.809. The van der Waals surface area contributed by atoms with Crippen LogP contribution in [-0.4, -0.2) is 100 Å². The summed E-state index contributed by atoms with van der Waals surface area (Å²) in [5.74, 6) is -0.162. The average Bonchev–Trinajstić information content (AvgIpc) is 0.989. The number of aliphatic hydroxyl groups excluding tert-OH is 5. The number of aliphatic hydroxyl groups is 5. The highest BCUT2D eigenvalue weighted by Gasteiger charge is 2.44. The number of hydrogen-bond acceptors (Lipinski definition) is 10. The second-order valence-electron chi connectivity index (χ2n) is 28.1. The second-order valence-corrected chi connectivity index (χ2v) is 28.1. The van der Waals surface area contributed by atoms with Crippen LogP contribution in [0.4, 0.5) is 0 Å². The summed E-state index contributed by atoms with van der Waals surface area (Å²) in [5.41, 5.74) is 0. The molecule has 0 saturated carbocycles. The number of carbonyl (C=O) groups is 2. The first-order valence-electron chi connectivity index (χ1n) is 40.3. The second kappa shape index (κ2) is 70.2. The normalized spacial score (nSPS) is 17.7. The summed E-state index contributed by atoms with van der Waals surface area (Å²) in [7, 11) is 0. The zero-order valence-corrected chi connectivity index (χ0v) is 60.5. The van der Waals surface area contributed by atoms with E-state index in [-0.39, 0.29) is 18.5 Å². The lowest BCUT2D eigenvalue weighted by Gasteiger charge is -2.40. The minimum Gasteiger partial charge on any atom is -0.466 e. The first-order chi connectivity index (χ1) is 45.2. The highest BCUT2D eigenvalue weighted by atomic mass is 16.7. The van der Waals surface area contributed by atoms with Crippen LogP contribution in [-0.2, 0) is 23.8 Å². The van der Waals surface area contributed by atoms with Crippen molar-refractivity contribution in [2.75, 3.05) is 19.8 Å². The quantitative estimate of drug-likeness (QED) is 0.0195. The van der Waals surface area contributed by atoms with E-state index in [9.17, 15) is 35.1 Å². The van der Waals surface area contributed by atoms with Crippen LogP contribution in [0.25, 0.3) is 0 Å². The molecule has 0 bridgehead atoms. The Labute approximate surface area is 568 Å². The summed E-state index contributed by atoms with van der Waals surface area (Å²) in [6.07, 6.45) is 81.6. The number of hydrogen-bond donors (Lipinski definition) is 6. The zero-order chi connectivity index (χ0) is 66.5. The van der Waals surface area contributed by atoms with Crippen molar-refractivity contribution >= 4 is 11.9 Å². The molecule has 0 aliphatic carbocycles. The highest BCUT2D eigenvalue weighted by molar-refractivity contribution is 5.76. The molecule has 1 aliphatic heterocycles. The fourth-order valence-corrected chi connectivity index (χ4v) is 12.9. The first kappa shape index (κ1) is 87.9. The molecule has 1 amide bonds. The molecular formula is C81H153NO10. The number of carbonyl (C=O) groups excluding carboxylic acids is 2. The van der Waals surface area contributed by atoms with Crippen molar-refractivity contribution in [2.45, 2.75) is 448 Å². The number of rotatable bonds is 72. The van der Waals surface area contributed by atoms with E-state index in [1.54, 1.807) is 6.08 Å². The van der Waals surface area contributed by atoms with Crippen LogP contribution in [0.15, 0.2) is 36.5 Å². The number of nitrogens with one attached hydrogen (secondary N) is 1. The molecule has 11 heteroatoms. The third-order valence-corrected chi connectivity index (χ3v) is 19.2. The molecule has 1 rings (SSSR count). The molecule has 1 heterocycles. The van der Waals surface area contributed by atoms with Crippen LogP contribution < -0.4 is 5.32 Å². The van der Waals surface area contributed by atoms with Gasteiger partial charge in [0.15, 0.2) is 6.29 Å². The summed E-state index contributed by atoms with van der Waals surface area (Å²) in [4.78, 5) is 25.2. The largest absolute Gasteiger partial charge is 0.466 e. The van der Waals surface area contributed by atoms with Gasteiger partial charge in [-0.2, -0.15) is 0 Å². The maximum atomic E-state index is 13.1. The molecule has 1 fully saturated rings. The van der Waals surface area contributed by atoms with E-state index in [0.29, 0.717) is 19.4 Å². The molecule has 6 N–H and O–H groups in total. The Bertz CT molecular complexity index is 1620. The van der Waals surface area contributed by atoms with Crippen molar-refractivity contribution in [2.24, 2.45) is 0 Å². The van der Waals surface area contributed by atoms with E-state index in [1.807, 2.05) is 6.08 Å². The maximum absolute atomic E-state index is 13.1. The lowest BCUT2D eigenvalue weighted by molar-refractivity contribution is -0.302. The number of unbranched alkanes of at least 4 members (excludes halogenated alkanes) is 54. The lowest BCUT2D eigenvalue weighted by Crippen LogP contribution is -2.60. The SMILES string of the molecule is CCCCCCCCCCCCCCC/C=C/C(O)C(COC1OC(CO)C(O)C(O)C1O)NC(=O)CCCCCCCCCCCCCCCCCCC/C=C\C/C=C\CCCCCCCCCCCCCCCOC(=O)CCCCCCCCCCCCCC. The molecule has 92 heavy (non-hydrogen) atoms. The van der Waals surface area contributed by atoms with Crippen molar-refractivity contribution in [1.29, 1.82) is 0 Å². The Hall–Kier alpha value is -2.12. The zero-order valence-electron chi connectivity index (χ0n) is 60.5. The van der Waals surface area contributed by atoms with Gasteiger partial charge in [0.05, 0.1) is 32.0 Å². The van der Waals surface area contributed by atoms with Gasteiger partial charge < -0.3 is 45.1 Å². The minimum atomic E-state index is -1.57. The minimum absolute atomic E-state index is 0.0139. The van der Waals surface area contributed by atoms with Gasteiger partial charge in [0, 0.05) is 12.8 Å². The molecule has 7 atom stereocenters. The third-order valence-electron chi connectivity index (χ3n) is 19.2. The van der Waals surface area contributed by atoms with Gasteiger partial charge in [-0.1, -0.05) is 365 Å². The van der Waals surface area contributed by atoms with Gasteiger partial charge in [-0.25, -0.2) is 0 Å². The Balaban J connectivity index is 1.94. The van der Waals surface area contributed by atoms with E-state index >= 15 is 0 Å². The van der Waals surface area contributed by atoms with E-state index in [2.05, 4.69) is 43.5 Å². The van der Waals surface area contributed by atoms with Crippen LogP contribution >= 0.6 is 0 Å². The molecule has 1 saturated heterocycles. The van der Waals surface area contributed by atoms with Crippen molar-refractivity contribution < 1.29 is 49.3 Å². The summed E-state index contributed by atoms with van der Waals surface area (Å²) >= 11 is 0. The van der Waals surface area contributed by atoms with Gasteiger partial charge in [0.25, 0.3) is 0 Å². The third kappa shape index (κ3) is 58.1. The van der Waals surface area contributed by atoms with Crippen LogP contribution in [0.5, 0.6) is 0 Å². The fourth-order valence-electron chi connectivity index (χ4n) is 12.9. The molecule has 0 radical (unpaired) electrons. The predicted molar refractivity (Wildman–Crippen MR) is 389 cm³/mol. The summed E-state index contributed by atoms with van der Waals surface area (Å²) in [5, 5.41) is 54.7. The number of allylic oxidation sites excluding steroid dienone is 5. The Morgan fingerprint density at radius 1 is 0.402 bits per heavy atom. The summed E-state index contributed by atoms with van der Waals surface area (Å²) in [6.45, 7) is 4.40. The summed E-state index contributed by atoms with van der Waals surface area (Å²) < 4.78 is 16.8. The smallest absolute Gasteiger partial charge is 0.305 e. The van der Waals surface area contributed by atoms with Crippen LogP contribution in [0.2, 0.25) is 0 Å². The fraction of sp³-hybridized carbons (Fsp3) is 0.901. The lowest BCUT2D eigenvalue weighted by atomic mass is 9.99. The molecule has 0 spiro atoms. The molecule has 0 aromatic rings. The van der Waals surface area contributed by atoms with Gasteiger partial charge in [0.1, 0.15) is 24.4 Å².